The van der Waals surface area contributed by atoms with Crippen LogP contribution in [0, 0.1) is 6.92 Å². The Bertz CT molecular complexity index is 1050. The van der Waals surface area contributed by atoms with Crippen LogP contribution in [-0.2, 0) is 16.8 Å². The van der Waals surface area contributed by atoms with Crippen LogP contribution >= 0.6 is 0 Å². The van der Waals surface area contributed by atoms with E-state index in [1.54, 1.807) is 7.11 Å². The highest BCUT2D eigenvalue weighted by atomic mass is 16.6. The van der Waals surface area contributed by atoms with Crippen molar-refractivity contribution in [3.63, 3.8) is 0 Å². The van der Waals surface area contributed by atoms with Crippen molar-refractivity contribution in [1.29, 1.82) is 0 Å². The molecule has 5 nitrogen and oxygen atoms in total. The molecule has 0 aliphatic carbocycles. The van der Waals surface area contributed by atoms with E-state index < -0.39 is 0 Å². The zero-order valence-electron chi connectivity index (χ0n) is 16.9. The fourth-order valence-corrected chi connectivity index (χ4v) is 5.16. The smallest absolute Gasteiger partial charge is 0.143 e. The first-order valence-corrected chi connectivity index (χ1v) is 10.1. The molecule has 1 saturated heterocycles. The van der Waals surface area contributed by atoms with Gasteiger partial charge in [-0.15, -0.1) is 0 Å². The van der Waals surface area contributed by atoms with E-state index in [-0.39, 0.29) is 23.7 Å². The van der Waals surface area contributed by atoms with E-state index in [1.807, 2.05) is 13.8 Å². The number of hydrogen-bond donors (Lipinski definition) is 0. The molecule has 4 aliphatic rings. The summed E-state index contributed by atoms with van der Waals surface area (Å²) in [4.78, 5) is 0. The van der Waals surface area contributed by atoms with Gasteiger partial charge in [0.25, 0.3) is 0 Å². The van der Waals surface area contributed by atoms with Gasteiger partial charge in [-0.25, -0.2) is 0 Å². The van der Waals surface area contributed by atoms with Crippen molar-refractivity contribution in [2.45, 2.75) is 44.0 Å². The van der Waals surface area contributed by atoms with Crippen LogP contribution < -0.4 is 18.9 Å². The zero-order valence-corrected chi connectivity index (χ0v) is 16.9. The summed E-state index contributed by atoms with van der Waals surface area (Å²) in [5.74, 6) is 3.64. The highest BCUT2D eigenvalue weighted by molar-refractivity contribution is 5.61. The van der Waals surface area contributed by atoms with Crippen LogP contribution in [0.15, 0.2) is 36.4 Å². The number of hydrogen-bond acceptors (Lipinski definition) is 5. The van der Waals surface area contributed by atoms with E-state index >= 15 is 0 Å². The minimum Gasteiger partial charge on any atom is -0.496 e. The third-order valence-electron chi connectivity index (χ3n) is 6.75. The molecule has 5 heteroatoms. The number of aryl methyl sites for hydroxylation is 1. The molecule has 6 rings (SSSR count). The van der Waals surface area contributed by atoms with Crippen LogP contribution in [0.1, 0.15) is 35.1 Å². The number of rotatable bonds is 2. The van der Waals surface area contributed by atoms with Crippen molar-refractivity contribution < 1.29 is 23.7 Å². The summed E-state index contributed by atoms with van der Waals surface area (Å²) >= 11 is 0. The molecule has 4 heterocycles. The summed E-state index contributed by atoms with van der Waals surface area (Å²) in [6.45, 7) is 9.29. The Kier molecular flexibility index (Phi) is 3.38. The highest BCUT2D eigenvalue weighted by Crippen LogP contribution is 2.62. The molecular formula is C24H24O5. The van der Waals surface area contributed by atoms with E-state index in [2.05, 4.69) is 30.8 Å². The van der Waals surface area contributed by atoms with Gasteiger partial charge in [0.15, 0.2) is 0 Å². The zero-order chi connectivity index (χ0) is 19.9. The molecule has 0 radical (unpaired) electrons. The number of benzene rings is 2. The van der Waals surface area contributed by atoms with Crippen LogP contribution in [0.4, 0.5) is 0 Å². The average molecular weight is 392 g/mol. The number of epoxide rings is 1. The van der Waals surface area contributed by atoms with Crippen molar-refractivity contribution in [3.8, 4) is 23.0 Å². The molecule has 1 spiro atoms. The van der Waals surface area contributed by atoms with Gasteiger partial charge in [-0.3, -0.25) is 0 Å². The average Bonchev–Trinajstić information content (AvgIpc) is 3.35. The molecule has 4 aliphatic heterocycles. The van der Waals surface area contributed by atoms with Crippen molar-refractivity contribution in [1.82, 2.24) is 0 Å². The predicted molar refractivity (Wildman–Crippen MR) is 107 cm³/mol. The first kappa shape index (κ1) is 17.2. The van der Waals surface area contributed by atoms with Gasteiger partial charge in [0, 0.05) is 23.1 Å². The second-order valence-corrected chi connectivity index (χ2v) is 8.56. The fourth-order valence-electron chi connectivity index (χ4n) is 5.16. The van der Waals surface area contributed by atoms with Crippen molar-refractivity contribution >= 4 is 0 Å². The quantitative estimate of drug-likeness (QED) is 0.570. The molecule has 29 heavy (non-hydrogen) atoms. The minimum atomic E-state index is -0.368. The Morgan fingerprint density at radius 2 is 2.03 bits per heavy atom. The lowest BCUT2D eigenvalue weighted by molar-refractivity contribution is 0.0307. The molecule has 1 fully saturated rings. The fraction of sp³-hybridized carbons (Fsp3) is 0.417. The molecule has 0 amide bonds. The summed E-state index contributed by atoms with van der Waals surface area (Å²) in [5, 5.41) is 0. The first-order valence-electron chi connectivity index (χ1n) is 10.1. The normalized spacial score (nSPS) is 30.1. The molecule has 2 aromatic rings. The molecule has 0 bridgehead atoms. The maximum atomic E-state index is 6.59. The van der Waals surface area contributed by atoms with Gasteiger partial charge < -0.3 is 23.7 Å². The van der Waals surface area contributed by atoms with Gasteiger partial charge in [0.2, 0.25) is 0 Å². The minimum absolute atomic E-state index is 0.00413. The van der Waals surface area contributed by atoms with E-state index in [1.165, 1.54) is 0 Å². The van der Waals surface area contributed by atoms with Gasteiger partial charge in [-0.1, -0.05) is 6.58 Å². The Morgan fingerprint density at radius 3 is 2.76 bits per heavy atom. The van der Waals surface area contributed by atoms with Gasteiger partial charge in [0.05, 0.1) is 19.6 Å². The third-order valence-corrected chi connectivity index (χ3v) is 6.75. The maximum Gasteiger partial charge on any atom is 0.143 e. The summed E-state index contributed by atoms with van der Waals surface area (Å²) in [7, 11) is 1.70. The lowest BCUT2D eigenvalue weighted by Gasteiger charge is -2.42. The van der Waals surface area contributed by atoms with Crippen molar-refractivity contribution in [3.05, 3.63) is 58.7 Å². The van der Waals surface area contributed by atoms with Gasteiger partial charge in [0.1, 0.15) is 47.4 Å². The van der Waals surface area contributed by atoms with Gasteiger partial charge in [-0.2, -0.15) is 0 Å². The van der Waals surface area contributed by atoms with Crippen LogP contribution in [0.3, 0.4) is 0 Å². The van der Waals surface area contributed by atoms with Crippen LogP contribution in [0.2, 0.25) is 0 Å². The molecular weight excluding hydrogens is 368 g/mol. The van der Waals surface area contributed by atoms with E-state index in [0.29, 0.717) is 13.2 Å². The van der Waals surface area contributed by atoms with Crippen molar-refractivity contribution in [2.75, 3.05) is 20.3 Å². The number of ether oxygens (including phenoxy) is 5. The van der Waals surface area contributed by atoms with Crippen LogP contribution in [0.5, 0.6) is 23.0 Å². The molecule has 0 aromatic heterocycles. The second-order valence-electron chi connectivity index (χ2n) is 8.56. The molecule has 0 saturated carbocycles. The van der Waals surface area contributed by atoms with E-state index in [0.717, 1.165) is 57.2 Å². The first-order chi connectivity index (χ1) is 14.0. The molecule has 150 valence electrons. The topological polar surface area (TPSA) is 49.5 Å². The maximum absolute atomic E-state index is 6.59. The molecule has 1 unspecified atom stereocenters. The Balaban J connectivity index is 1.48. The largest absolute Gasteiger partial charge is 0.496 e. The van der Waals surface area contributed by atoms with Gasteiger partial charge >= 0.3 is 0 Å². The number of fused-ring (bicyclic) bond motifs is 8. The summed E-state index contributed by atoms with van der Waals surface area (Å²) in [6, 6.07) is 8.32. The monoisotopic (exact) mass is 392 g/mol. The summed E-state index contributed by atoms with van der Waals surface area (Å²) in [5.41, 5.74) is 5.06. The van der Waals surface area contributed by atoms with Gasteiger partial charge in [-0.05, 0) is 49.2 Å². The molecule has 4 atom stereocenters. The van der Waals surface area contributed by atoms with Crippen molar-refractivity contribution in [2.24, 2.45) is 0 Å². The highest BCUT2D eigenvalue weighted by Gasteiger charge is 2.63. The SMILES string of the molecule is C=C(C)[C@H]1Cc2c(ccc3c2O[C@@H]2COc4cc(C)c(OC)cc4[C@@H]2C32CO2)O1. The Hall–Kier alpha value is -2.66. The number of methoxy groups -OCH3 is 1. The molecule has 0 N–H and O–H groups in total. The lowest BCUT2D eigenvalue weighted by Crippen LogP contribution is -2.46. The van der Waals surface area contributed by atoms with E-state index in [4.69, 9.17) is 23.7 Å². The summed E-state index contributed by atoms with van der Waals surface area (Å²) in [6.07, 6.45) is 0.677. The summed E-state index contributed by atoms with van der Waals surface area (Å²) < 4.78 is 30.6. The van der Waals surface area contributed by atoms with Crippen LogP contribution in [0.25, 0.3) is 0 Å². The van der Waals surface area contributed by atoms with Crippen LogP contribution in [-0.4, -0.2) is 32.5 Å². The standard InChI is InChI=1S/C24H24O5/c1-12(2)18-9-15-17(28-18)6-5-16-23(15)29-21-10-26-20-7-13(3)19(25-4)8-14(20)22(21)24(16)11-27-24/h5-8,18,21-22H,1,9-11H2,2-4H3/t18-,21-,22+,24?/m1/s1. The lowest BCUT2D eigenvalue weighted by atomic mass is 9.74. The van der Waals surface area contributed by atoms with E-state index in [9.17, 15) is 0 Å². The second kappa shape index (κ2) is 5.70. The third kappa shape index (κ3) is 2.25. The Labute approximate surface area is 170 Å². The molecule has 2 aromatic carbocycles. The predicted octanol–water partition coefficient (Wildman–Crippen LogP) is 4.05. The Morgan fingerprint density at radius 1 is 1.21 bits per heavy atom.